The molecule has 1 aromatic rings. The predicted octanol–water partition coefficient (Wildman–Crippen LogP) is 2.59. The Morgan fingerprint density at radius 3 is 2.68 bits per heavy atom. The Bertz CT molecular complexity index is 465. The van der Waals surface area contributed by atoms with Gasteiger partial charge in [0.15, 0.2) is 0 Å². The van der Waals surface area contributed by atoms with Crippen LogP contribution in [0.4, 0.5) is 8.78 Å². The first kappa shape index (κ1) is 14.2. The third kappa shape index (κ3) is 2.72. The molecule has 19 heavy (non-hydrogen) atoms. The van der Waals surface area contributed by atoms with Gasteiger partial charge in [-0.2, -0.15) is 0 Å². The van der Waals surface area contributed by atoms with Crippen LogP contribution in [0.1, 0.15) is 35.6 Å². The van der Waals surface area contributed by atoms with E-state index in [0.717, 1.165) is 18.5 Å². The second kappa shape index (κ2) is 5.43. The van der Waals surface area contributed by atoms with Crippen molar-refractivity contribution in [2.45, 2.75) is 25.8 Å². The highest BCUT2D eigenvalue weighted by Crippen LogP contribution is 2.42. The molecule has 5 heteroatoms. The fraction of sp³-hybridized carbons (Fsp3) is 0.571. The van der Waals surface area contributed by atoms with Gasteiger partial charge in [-0.1, -0.05) is 11.6 Å². The molecule has 1 heterocycles. The molecule has 106 valence electrons. The number of likely N-dealkylation sites (tertiary alicyclic amines) is 1. The number of phenols is 1. The topological polar surface area (TPSA) is 49.5 Å². The Morgan fingerprint density at radius 1 is 1.47 bits per heavy atom. The molecule has 0 aliphatic carbocycles. The van der Waals surface area contributed by atoms with Crippen molar-refractivity contribution < 1.29 is 13.9 Å². The number of aromatic hydroxyl groups is 1. The zero-order valence-electron chi connectivity index (χ0n) is 11.2. The number of alkyl halides is 2. The van der Waals surface area contributed by atoms with Gasteiger partial charge in [0, 0.05) is 18.2 Å². The second-order valence-electron chi connectivity index (χ2n) is 5.39. The van der Waals surface area contributed by atoms with E-state index in [4.69, 9.17) is 5.73 Å². The van der Waals surface area contributed by atoms with E-state index in [1.165, 1.54) is 6.07 Å². The molecule has 3 N–H and O–H groups in total. The number of hydrogen-bond donors (Lipinski definition) is 2. The van der Waals surface area contributed by atoms with Gasteiger partial charge < -0.3 is 10.8 Å². The molecule has 1 fully saturated rings. The summed E-state index contributed by atoms with van der Waals surface area (Å²) in [6.45, 7) is 3.18. The van der Waals surface area contributed by atoms with Crippen molar-refractivity contribution >= 4 is 0 Å². The van der Waals surface area contributed by atoms with Crippen LogP contribution in [0.5, 0.6) is 5.75 Å². The van der Waals surface area contributed by atoms with E-state index in [1.54, 1.807) is 13.0 Å². The minimum absolute atomic E-state index is 0.0362. The monoisotopic (exact) mass is 270 g/mol. The summed E-state index contributed by atoms with van der Waals surface area (Å²) in [6.07, 6.45) is -1.86. The van der Waals surface area contributed by atoms with Gasteiger partial charge in [-0.25, -0.2) is 8.78 Å². The lowest BCUT2D eigenvalue weighted by Gasteiger charge is -2.22. The zero-order valence-corrected chi connectivity index (χ0v) is 11.2. The van der Waals surface area contributed by atoms with E-state index >= 15 is 0 Å². The van der Waals surface area contributed by atoms with Crippen LogP contribution in [-0.2, 0) is 0 Å². The number of nitrogens with zero attached hydrogens (tertiary/aromatic N) is 1. The Morgan fingerprint density at radius 2 is 2.16 bits per heavy atom. The third-order valence-corrected chi connectivity index (χ3v) is 3.88. The van der Waals surface area contributed by atoms with Crippen LogP contribution >= 0.6 is 0 Å². The number of benzene rings is 1. The number of rotatable bonds is 3. The standard InChI is InChI=1S/C14H20F2N2O/c1-8-3-10(13(19)11(4-8)14(15)16)12-5-9(6-17)7-18(12)2/h3-4,9,12,14,19H,5-7,17H2,1-2H3. The van der Waals surface area contributed by atoms with E-state index in [9.17, 15) is 13.9 Å². The number of halogens is 2. The lowest BCUT2D eigenvalue weighted by molar-refractivity contribution is 0.146. The van der Waals surface area contributed by atoms with Crippen molar-refractivity contribution in [1.29, 1.82) is 0 Å². The van der Waals surface area contributed by atoms with Gasteiger partial charge in [-0.05, 0) is 38.9 Å². The molecular formula is C14H20F2N2O. The average molecular weight is 270 g/mol. The van der Waals surface area contributed by atoms with Crippen molar-refractivity contribution in [1.82, 2.24) is 4.90 Å². The van der Waals surface area contributed by atoms with Crippen molar-refractivity contribution in [2.75, 3.05) is 20.1 Å². The maximum absolute atomic E-state index is 12.9. The highest BCUT2D eigenvalue weighted by atomic mass is 19.3. The van der Waals surface area contributed by atoms with Crippen LogP contribution in [-0.4, -0.2) is 30.1 Å². The minimum atomic E-state index is -2.66. The molecule has 0 radical (unpaired) electrons. The quantitative estimate of drug-likeness (QED) is 0.887. The van der Waals surface area contributed by atoms with Gasteiger partial charge in [-0.3, -0.25) is 4.90 Å². The van der Waals surface area contributed by atoms with Gasteiger partial charge in [-0.15, -0.1) is 0 Å². The van der Waals surface area contributed by atoms with Crippen molar-refractivity contribution in [3.8, 4) is 5.75 Å². The fourth-order valence-corrected chi connectivity index (χ4v) is 2.90. The highest BCUT2D eigenvalue weighted by molar-refractivity contribution is 5.46. The summed E-state index contributed by atoms with van der Waals surface area (Å²) < 4.78 is 25.8. The number of hydrogen-bond acceptors (Lipinski definition) is 3. The average Bonchev–Trinajstić information content (AvgIpc) is 2.72. The summed E-state index contributed by atoms with van der Waals surface area (Å²) in [5, 5.41) is 10.1. The number of aryl methyl sites for hydroxylation is 1. The largest absolute Gasteiger partial charge is 0.507 e. The van der Waals surface area contributed by atoms with Crippen molar-refractivity contribution in [3.05, 3.63) is 28.8 Å². The summed E-state index contributed by atoms with van der Waals surface area (Å²) in [7, 11) is 1.93. The molecule has 0 saturated carbocycles. The Kier molecular flexibility index (Phi) is 4.06. The number of nitrogens with two attached hydrogens (primary N) is 1. The van der Waals surface area contributed by atoms with Gasteiger partial charge in [0.05, 0.1) is 5.56 Å². The fourth-order valence-electron chi connectivity index (χ4n) is 2.90. The van der Waals surface area contributed by atoms with Crippen LogP contribution in [0.15, 0.2) is 12.1 Å². The lowest BCUT2D eigenvalue weighted by Crippen LogP contribution is -2.20. The second-order valence-corrected chi connectivity index (χ2v) is 5.39. The van der Waals surface area contributed by atoms with Crippen LogP contribution < -0.4 is 5.73 Å². The van der Waals surface area contributed by atoms with E-state index in [2.05, 4.69) is 4.90 Å². The molecule has 2 atom stereocenters. The van der Waals surface area contributed by atoms with E-state index < -0.39 is 6.43 Å². The predicted molar refractivity (Wildman–Crippen MR) is 70.3 cm³/mol. The molecule has 0 aromatic heterocycles. The van der Waals surface area contributed by atoms with E-state index in [0.29, 0.717) is 18.0 Å². The van der Waals surface area contributed by atoms with Gasteiger partial charge in [0.2, 0.25) is 0 Å². The molecule has 0 spiro atoms. The van der Waals surface area contributed by atoms with Crippen LogP contribution in [0.2, 0.25) is 0 Å². The summed E-state index contributed by atoms with van der Waals surface area (Å²) in [4.78, 5) is 2.07. The zero-order chi connectivity index (χ0) is 14.2. The summed E-state index contributed by atoms with van der Waals surface area (Å²) in [6, 6.07) is 3.10. The van der Waals surface area contributed by atoms with E-state index in [1.807, 2.05) is 7.05 Å². The summed E-state index contributed by atoms with van der Waals surface area (Å²) in [5.74, 6) is 0.0834. The molecular weight excluding hydrogens is 250 g/mol. The lowest BCUT2D eigenvalue weighted by atomic mass is 9.95. The van der Waals surface area contributed by atoms with Crippen molar-refractivity contribution in [2.24, 2.45) is 11.7 Å². The molecule has 3 nitrogen and oxygen atoms in total. The maximum atomic E-state index is 12.9. The SMILES string of the molecule is Cc1cc(C(F)F)c(O)c(C2CC(CN)CN2C)c1. The molecule has 1 aliphatic heterocycles. The summed E-state index contributed by atoms with van der Waals surface area (Å²) >= 11 is 0. The molecule has 1 aliphatic rings. The van der Waals surface area contributed by atoms with Gasteiger partial charge in [0.1, 0.15) is 5.75 Å². The maximum Gasteiger partial charge on any atom is 0.267 e. The van der Waals surface area contributed by atoms with E-state index in [-0.39, 0.29) is 17.4 Å². The molecule has 0 amide bonds. The molecule has 0 bridgehead atoms. The number of phenolic OH excluding ortho intramolecular Hbond substituents is 1. The van der Waals surface area contributed by atoms with Gasteiger partial charge in [0.25, 0.3) is 6.43 Å². The third-order valence-electron chi connectivity index (χ3n) is 3.88. The first-order chi connectivity index (χ1) is 8.93. The summed E-state index contributed by atoms with van der Waals surface area (Å²) in [5.41, 5.74) is 6.73. The minimum Gasteiger partial charge on any atom is -0.507 e. The first-order valence-corrected chi connectivity index (χ1v) is 6.45. The smallest absolute Gasteiger partial charge is 0.267 e. The first-order valence-electron chi connectivity index (χ1n) is 6.45. The van der Waals surface area contributed by atoms with Crippen molar-refractivity contribution in [3.63, 3.8) is 0 Å². The van der Waals surface area contributed by atoms with Crippen LogP contribution in [0, 0.1) is 12.8 Å². The normalized spacial score (nSPS) is 24.3. The van der Waals surface area contributed by atoms with Crippen LogP contribution in [0.3, 0.4) is 0 Å². The molecule has 1 saturated heterocycles. The Labute approximate surface area is 112 Å². The molecule has 2 rings (SSSR count). The van der Waals surface area contributed by atoms with Gasteiger partial charge >= 0.3 is 0 Å². The highest BCUT2D eigenvalue weighted by Gasteiger charge is 2.32. The van der Waals surface area contributed by atoms with Crippen LogP contribution in [0.25, 0.3) is 0 Å². The molecule has 2 unspecified atom stereocenters. The Hall–Kier alpha value is -1.20. The Balaban J connectivity index is 2.40. The molecule has 1 aromatic carbocycles.